The second-order valence-electron chi connectivity index (χ2n) is 8.75. The SMILES string of the molecule is COCCn1c(Cc2ccc(-c3nc(OCc4ccc(C#N)cc4F)ns3)cc2F)nc2ccc(C(=O)O)cc21. The smallest absolute Gasteiger partial charge is 0.335 e. The molecule has 2 aromatic heterocycles. The first-order chi connectivity index (χ1) is 19.4. The van der Waals surface area contributed by atoms with Gasteiger partial charge in [0.05, 0.1) is 34.8 Å². The number of carboxylic acid groups (broad SMARTS) is 1. The Kier molecular flexibility index (Phi) is 7.77. The lowest BCUT2D eigenvalue weighted by Gasteiger charge is -2.10. The quantitative estimate of drug-likeness (QED) is 0.246. The van der Waals surface area contributed by atoms with Crippen LogP contribution < -0.4 is 4.74 Å². The third-order valence-corrected chi connectivity index (χ3v) is 6.94. The van der Waals surface area contributed by atoms with Gasteiger partial charge in [0, 0.05) is 31.2 Å². The maximum atomic E-state index is 15.2. The molecule has 0 radical (unpaired) electrons. The van der Waals surface area contributed by atoms with Gasteiger partial charge in [0.25, 0.3) is 0 Å². The van der Waals surface area contributed by atoms with Gasteiger partial charge >= 0.3 is 12.0 Å². The molecule has 1 N–H and O–H groups in total. The first kappa shape index (κ1) is 26.9. The van der Waals surface area contributed by atoms with Gasteiger partial charge in [-0.25, -0.2) is 18.6 Å². The number of hydrogen-bond acceptors (Lipinski definition) is 8. The summed E-state index contributed by atoms with van der Waals surface area (Å²) in [6.45, 7) is 0.667. The number of carboxylic acids is 1. The number of halogens is 2. The molecule has 0 atom stereocenters. The molecule has 0 saturated heterocycles. The highest BCUT2D eigenvalue weighted by molar-refractivity contribution is 7.09. The van der Waals surface area contributed by atoms with Gasteiger partial charge in [0.2, 0.25) is 0 Å². The fraction of sp³-hybridized carbons (Fsp3) is 0.179. The van der Waals surface area contributed by atoms with E-state index < -0.39 is 17.6 Å². The van der Waals surface area contributed by atoms with Gasteiger partial charge in [-0.1, -0.05) is 18.2 Å². The Morgan fingerprint density at radius 2 is 1.88 bits per heavy atom. The molecule has 202 valence electrons. The number of aromatic nitrogens is 4. The second-order valence-corrected chi connectivity index (χ2v) is 9.50. The highest BCUT2D eigenvalue weighted by atomic mass is 32.1. The van der Waals surface area contributed by atoms with E-state index in [-0.39, 0.29) is 35.7 Å². The number of carbonyl (C=O) groups is 1. The molecule has 12 heteroatoms. The lowest BCUT2D eigenvalue weighted by Crippen LogP contribution is -2.10. The van der Waals surface area contributed by atoms with E-state index in [4.69, 9.17) is 14.7 Å². The van der Waals surface area contributed by atoms with Crippen molar-refractivity contribution in [3.8, 4) is 22.7 Å². The van der Waals surface area contributed by atoms with Crippen molar-refractivity contribution in [2.75, 3.05) is 13.7 Å². The first-order valence-corrected chi connectivity index (χ1v) is 12.8. The maximum Gasteiger partial charge on any atom is 0.335 e. The molecule has 0 saturated carbocycles. The number of imidazole rings is 1. The number of hydrogen-bond donors (Lipinski definition) is 1. The van der Waals surface area contributed by atoms with E-state index in [0.29, 0.717) is 46.1 Å². The van der Waals surface area contributed by atoms with Crippen LogP contribution in [0.3, 0.4) is 0 Å². The number of methoxy groups -OCH3 is 1. The fourth-order valence-corrected chi connectivity index (χ4v) is 4.74. The minimum absolute atomic E-state index is 0.0286. The number of rotatable bonds is 10. The number of nitrogens with zero attached hydrogens (tertiary/aromatic N) is 5. The Hall–Kier alpha value is -4.73. The van der Waals surface area contributed by atoms with Crippen LogP contribution in [0.15, 0.2) is 54.6 Å². The Bertz CT molecular complexity index is 1760. The number of ether oxygens (including phenoxy) is 2. The average Bonchev–Trinajstić information content (AvgIpc) is 3.56. The van der Waals surface area contributed by atoms with Crippen molar-refractivity contribution < 1.29 is 28.2 Å². The standard InChI is InChI=1S/C28H21F2N5O4S/c1-38-9-8-35-24-12-19(27(36)37)6-7-23(24)32-25(35)13-17-4-5-18(11-22(17)30)26-33-28(34-40-26)39-15-20-3-2-16(14-31)10-21(20)29/h2-7,10-12H,8-9,13,15H2,1H3,(H,36,37). The van der Waals surface area contributed by atoms with Crippen LogP contribution in [0.5, 0.6) is 6.01 Å². The van der Waals surface area contributed by atoms with Crippen molar-refractivity contribution in [2.24, 2.45) is 0 Å². The van der Waals surface area contributed by atoms with E-state index in [2.05, 4.69) is 14.3 Å². The monoisotopic (exact) mass is 561 g/mol. The van der Waals surface area contributed by atoms with Gasteiger partial charge < -0.3 is 19.1 Å². The molecule has 0 unspecified atom stereocenters. The topological polar surface area (TPSA) is 123 Å². The van der Waals surface area contributed by atoms with Crippen molar-refractivity contribution in [3.63, 3.8) is 0 Å². The summed E-state index contributed by atoms with van der Waals surface area (Å²) in [7, 11) is 1.56. The zero-order valence-corrected chi connectivity index (χ0v) is 21.9. The molecule has 0 amide bonds. The minimum atomic E-state index is -1.05. The van der Waals surface area contributed by atoms with Crippen LogP contribution in [-0.4, -0.2) is 43.7 Å². The zero-order chi connectivity index (χ0) is 28.2. The minimum Gasteiger partial charge on any atom is -0.478 e. The number of fused-ring (bicyclic) bond motifs is 1. The van der Waals surface area contributed by atoms with Gasteiger partial charge in [-0.3, -0.25) is 0 Å². The predicted molar refractivity (Wildman–Crippen MR) is 142 cm³/mol. The lowest BCUT2D eigenvalue weighted by atomic mass is 10.1. The highest BCUT2D eigenvalue weighted by Crippen LogP contribution is 2.28. The summed E-state index contributed by atoms with van der Waals surface area (Å²) in [5, 5.41) is 18.7. The average molecular weight is 562 g/mol. The fourth-order valence-electron chi connectivity index (χ4n) is 4.13. The Morgan fingerprint density at radius 1 is 1.07 bits per heavy atom. The van der Waals surface area contributed by atoms with Crippen molar-refractivity contribution in [1.82, 2.24) is 18.9 Å². The molecule has 40 heavy (non-hydrogen) atoms. The molecular weight excluding hydrogens is 540 g/mol. The Morgan fingerprint density at radius 3 is 2.60 bits per heavy atom. The normalized spacial score (nSPS) is 11.1. The molecule has 3 aromatic carbocycles. The zero-order valence-electron chi connectivity index (χ0n) is 21.1. The molecular formula is C28H21F2N5O4S. The van der Waals surface area contributed by atoms with E-state index >= 15 is 4.39 Å². The Labute approximate surface area is 231 Å². The molecule has 2 heterocycles. The summed E-state index contributed by atoms with van der Waals surface area (Å²) in [6, 6.07) is 15.4. The van der Waals surface area contributed by atoms with Crippen LogP contribution in [-0.2, 0) is 24.3 Å². The van der Waals surface area contributed by atoms with E-state index in [0.717, 1.165) is 17.6 Å². The van der Waals surface area contributed by atoms with Crippen LogP contribution in [0.1, 0.15) is 32.9 Å². The predicted octanol–water partition coefficient (Wildman–Crippen LogP) is 5.22. The maximum absolute atomic E-state index is 15.2. The highest BCUT2D eigenvalue weighted by Gasteiger charge is 2.17. The number of nitriles is 1. The molecule has 0 fully saturated rings. The number of benzene rings is 3. The van der Waals surface area contributed by atoms with E-state index in [1.165, 1.54) is 24.3 Å². The summed E-state index contributed by atoms with van der Waals surface area (Å²) in [4.78, 5) is 20.3. The van der Waals surface area contributed by atoms with Gasteiger partial charge in [-0.2, -0.15) is 10.2 Å². The summed E-state index contributed by atoms with van der Waals surface area (Å²) in [6.07, 6.45) is 0.174. The summed E-state index contributed by atoms with van der Waals surface area (Å²) in [5.41, 5.74) is 2.73. The summed E-state index contributed by atoms with van der Waals surface area (Å²) in [5.74, 6) is -1.50. The molecule has 0 aliphatic rings. The number of aromatic carboxylic acids is 1. The largest absolute Gasteiger partial charge is 0.478 e. The van der Waals surface area contributed by atoms with Crippen molar-refractivity contribution in [2.45, 2.75) is 19.6 Å². The van der Waals surface area contributed by atoms with Crippen molar-refractivity contribution in [1.29, 1.82) is 5.26 Å². The Balaban J connectivity index is 1.34. The van der Waals surface area contributed by atoms with Gasteiger partial charge in [-0.15, -0.1) is 4.37 Å². The third-order valence-electron chi connectivity index (χ3n) is 6.19. The van der Waals surface area contributed by atoms with Gasteiger partial charge in [0.1, 0.15) is 29.1 Å². The molecule has 5 aromatic rings. The van der Waals surface area contributed by atoms with Gasteiger partial charge in [0.15, 0.2) is 0 Å². The summed E-state index contributed by atoms with van der Waals surface area (Å²) >= 11 is 1.02. The molecule has 0 aliphatic carbocycles. The third kappa shape index (κ3) is 5.66. The first-order valence-electron chi connectivity index (χ1n) is 12.0. The lowest BCUT2D eigenvalue weighted by molar-refractivity contribution is 0.0697. The van der Waals surface area contributed by atoms with Crippen LogP contribution in [0, 0.1) is 23.0 Å². The second kappa shape index (κ2) is 11.6. The van der Waals surface area contributed by atoms with Gasteiger partial charge in [-0.05, 0) is 53.5 Å². The van der Waals surface area contributed by atoms with Crippen molar-refractivity contribution >= 4 is 28.5 Å². The summed E-state index contributed by atoms with van der Waals surface area (Å²) < 4.78 is 46.0. The molecule has 0 spiro atoms. The van der Waals surface area contributed by atoms with E-state index in [9.17, 15) is 14.3 Å². The van der Waals surface area contributed by atoms with Crippen LogP contribution in [0.4, 0.5) is 8.78 Å². The molecule has 0 aliphatic heterocycles. The van der Waals surface area contributed by atoms with Crippen LogP contribution in [0.25, 0.3) is 21.6 Å². The van der Waals surface area contributed by atoms with E-state index in [1.54, 1.807) is 31.4 Å². The molecule has 9 nitrogen and oxygen atoms in total. The molecule has 5 rings (SSSR count). The van der Waals surface area contributed by atoms with Crippen LogP contribution >= 0.6 is 11.5 Å². The van der Waals surface area contributed by atoms with Crippen LogP contribution in [0.2, 0.25) is 0 Å². The molecule has 0 bridgehead atoms. The van der Waals surface area contributed by atoms with Crippen molar-refractivity contribution in [3.05, 3.63) is 94.3 Å². The van der Waals surface area contributed by atoms with E-state index in [1.807, 2.05) is 10.6 Å².